The van der Waals surface area contributed by atoms with E-state index in [-0.39, 0.29) is 0 Å². The Morgan fingerprint density at radius 1 is 1.12 bits per heavy atom. The number of anilines is 1. The number of benzene rings is 2. The van der Waals surface area contributed by atoms with Gasteiger partial charge in [0.1, 0.15) is 11.5 Å². The smallest absolute Gasteiger partial charge is 0.146 e. The molecule has 26 heavy (non-hydrogen) atoms. The maximum atomic E-state index is 8.94. The molecule has 1 fully saturated rings. The number of rotatable bonds is 4. The van der Waals surface area contributed by atoms with Crippen LogP contribution in [0.4, 0.5) is 5.69 Å². The second-order valence-corrected chi connectivity index (χ2v) is 7.76. The molecule has 0 atom stereocenters. The maximum absolute atomic E-state index is 8.94. The van der Waals surface area contributed by atoms with Crippen LogP contribution in [0.3, 0.4) is 0 Å². The van der Waals surface area contributed by atoms with Gasteiger partial charge in [0.2, 0.25) is 0 Å². The lowest BCUT2D eigenvalue weighted by Gasteiger charge is -2.28. The van der Waals surface area contributed by atoms with Gasteiger partial charge in [-0.2, -0.15) is 5.26 Å². The minimum absolute atomic E-state index is 0.462. The molecule has 0 saturated heterocycles. The molecule has 1 aliphatic carbocycles. The fourth-order valence-electron chi connectivity index (χ4n) is 4.16. The van der Waals surface area contributed by atoms with Crippen molar-refractivity contribution in [1.29, 1.82) is 5.26 Å². The largest absolute Gasteiger partial charge is 0.456 e. The molecule has 3 nitrogen and oxygen atoms in total. The second kappa shape index (κ2) is 7.60. The van der Waals surface area contributed by atoms with Crippen molar-refractivity contribution in [3.05, 3.63) is 52.5 Å². The van der Waals surface area contributed by atoms with Crippen LogP contribution in [-0.4, -0.2) is 13.1 Å². The first kappa shape index (κ1) is 17.2. The zero-order chi connectivity index (χ0) is 17.9. The molecule has 2 aromatic rings. The van der Waals surface area contributed by atoms with Gasteiger partial charge in [-0.15, -0.1) is 0 Å². The molecule has 0 spiro atoms. The van der Waals surface area contributed by atoms with Crippen LogP contribution in [-0.2, 0) is 6.42 Å². The minimum Gasteiger partial charge on any atom is -0.456 e. The Morgan fingerprint density at radius 3 is 2.73 bits per heavy atom. The van der Waals surface area contributed by atoms with Gasteiger partial charge in [-0.25, -0.2) is 0 Å². The van der Waals surface area contributed by atoms with Gasteiger partial charge in [-0.05, 0) is 67.1 Å². The van der Waals surface area contributed by atoms with E-state index in [2.05, 4.69) is 23.1 Å². The number of hydrogen-bond acceptors (Lipinski definition) is 3. The molecule has 4 rings (SSSR count). The van der Waals surface area contributed by atoms with E-state index >= 15 is 0 Å². The Balaban J connectivity index is 1.47. The first-order chi connectivity index (χ1) is 12.7. The van der Waals surface area contributed by atoms with Crippen molar-refractivity contribution in [3.8, 4) is 17.6 Å². The van der Waals surface area contributed by atoms with Crippen LogP contribution in [0.5, 0.6) is 11.5 Å². The lowest BCUT2D eigenvalue weighted by molar-refractivity contribution is 0.360. The zero-order valence-corrected chi connectivity index (χ0v) is 15.6. The number of hydrogen-bond donors (Lipinski definition) is 0. The lowest BCUT2D eigenvalue weighted by Crippen LogP contribution is -2.28. The van der Waals surface area contributed by atoms with Gasteiger partial charge in [0.25, 0.3) is 0 Å². The molecule has 4 heteroatoms. The predicted octanol–water partition coefficient (Wildman–Crippen LogP) is 5.95. The summed E-state index contributed by atoms with van der Waals surface area (Å²) < 4.78 is 5.96. The van der Waals surface area contributed by atoms with E-state index in [1.165, 1.54) is 49.9 Å². The average Bonchev–Trinajstić information content (AvgIpc) is 3.06. The van der Waals surface area contributed by atoms with Gasteiger partial charge in [-0.1, -0.05) is 30.9 Å². The maximum Gasteiger partial charge on any atom is 0.146 e. The third kappa shape index (κ3) is 3.66. The van der Waals surface area contributed by atoms with Crippen LogP contribution in [0.15, 0.2) is 36.4 Å². The van der Waals surface area contributed by atoms with Crippen molar-refractivity contribution in [3.63, 3.8) is 0 Å². The molecule has 1 aliphatic heterocycles. The first-order valence-electron chi connectivity index (χ1n) is 9.48. The number of nitrogens with zero attached hydrogens (tertiary/aromatic N) is 2. The molecule has 0 bridgehead atoms. The van der Waals surface area contributed by atoms with E-state index in [0.717, 1.165) is 24.6 Å². The van der Waals surface area contributed by atoms with E-state index in [1.807, 2.05) is 6.07 Å². The molecule has 0 aromatic heterocycles. The summed E-state index contributed by atoms with van der Waals surface area (Å²) in [5, 5.41) is 9.40. The Labute approximate surface area is 160 Å². The highest BCUT2D eigenvalue weighted by Gasteiger charge is 2.23. The van der Waals surface area contributed by atoms with Crippen molar-refractivity contribution in [2.24, 2.45) is 5.92 Å². The fraction of sp³-hybridized carbons (Fsp3) is 0.409. The first-order valence-corrected chi connectivity index (χ1v) is 9.86. The topological polar surface area (TPSA) is 36.3 Å². The molecule has 2 aromatic carbocycles. The SMILES string of the molecule is N#Cc1ccc(Oc2ccc3c(c2)CCN3CC2CCCCC2)c(Cl)c1. The van der Waals surface area contributed by atoms with Crippen LogP contribution in [0.2, 0.25) is 5.02 Å². The van der Waals surface area contributed by atoms with Gasteiger partial charge in [0.15, 0.2) is 0 Å². The van der Waals surface area contributed by atoms with E-state index < -0.39 is 0 Å². The van der Waals surface area contributed by atoms with Crippen molar-refractivity contribution in [2.75, 3.05) is 18.0 Å². The zero-order valence-electron chi connectivity index (χ0n) is 14.9. The summed E-state index contributed by atoms with van der Waals surface area (Å²) in [6.07, 6.45) is 8.02. The molecule has 1 saturated carbocycles. The molecule has 1 heterocycles. The Morgan fingerprint density at radius 2 is 1.96 bits per heavy atom. The number of ether oxygens (including phenoxy) is 1. The third-order valence-electron chi connectivity index (χ3n) is 5.53. The molecule has 134 valence electrons. The monoisotopic (exact) mass is 366 g/mol. The van der Waals surface area contributed by atoms with Crippen LogP contribution in [0.1, 0.15) is 43.2 Å². The molecule has 2 aliphatic rings. The summed E-state index contributed by atoms with van der Waals surface area (Å²) in [4.78, 5) is 2.55. The van der Waals surface area contributed by atoms with Crippen molar-refractivity contribution >= 4 is 17.3 Å². The summed E-state index contributed by atoms with van der Waals surface area (Å²) >= 11 is 6.22. The van der Waals surface area contributed by atoms with Gasteiger partial charge in [-0.3, -0.25) is 0 Å². The number of fused-ring (bicyclic) bond motifs is 1. The van der Waals surface area contributed by atoms with E-state index in [1.54, 1.807) is 18.2 Å². The Kier molecular flexibility index (Phi) is 5.04. The molecular weight excluding hydrogens is 344 g/mol. The van der Waals surface area contributed by atoms with Crippen LogP contribution < -0.4 is 9.64 Å². The normalized spacial score (nSPS) is 17.0. The fourth-order valence-corrected chi connectivity index (χ4v) is 4.38. The van der Waals surface area contributed by atoms with Crippen LogP contribution in [0, 0.1) is 17.2 Å². The van der Waals surface area contributed by atoms with Crippen molar-refractivity contribution in [2.45, 2.75) is 38.5 Å². The van der Waals surface area contributed by atoms with Crippen LogP contribution in [0.25, 0.3) is 0 Å². The van der Waals surface area contributed by atoms with Gasteiger partial charge in [0, 0.05) is 18.8 Å². The predicted molar refractivity (Wildman–Crippen MR) is 105 cm³/mol. The van der Waals surface area contributed by atoms with Gasteiger partial charge in [0.05, 0.1) is 16.7 Å². The molecule has 0 amide bonds. The molecular formula is C22H23ClN2O. The second-order valence-electron chi connectivity index (χ2n) is 7.35. The van der Waals surface area contributed by atoms with Crippen molar-refractivity contribution in [1.82, 2.24) is 0 Å². The highest BCUT2D eigenvalue weighted by molar-refractivity contribution is 6.32. The standard InChI is InChI=1S/C22H23ClN2O/c23-20-12-17(14-24)6-9-22(20)26-19-7-8-21-18(13-19)10-11-25(21)15-16-4-2-1-3-5-16/h6-9,12-13,16H,1-5,10-11,15H2. The summed E-state index contributed by atoms with van der Waals surface area (Å²) in [6.45, 7) is 2.29. The quantitative estimate of drug-likeness (QED) is 0.671. The van der Waals surface area contributed by atoms with Crippen LogP contribution >= 0.6 is 11.6 Å². The number of halogens is 1. The van der Waals surface area contributed by atoms with E-state index in [4.69, 9.17) is 21.6 Å². The van der Waals surface area contributed by atoms with E-state index in [9.17, 15) is 0 Å². The lowest BCUT2D eigenvalue weighted by atomic mass is 9.89. The average molecular weight is 367 g/mol. The summed E-state index contributed by atoms with van der Waals surface area (Å²) in [6, 6.07) is 13.5. The highest BCUT2D eigenvalue weighted by atomic mass is 35.5. The van der Waals surface area contributed by atoms with Gasteiger partial charge >= 0.3 is 0 Å². The Bertz CT molecular complexity index is 837. The molecule has 0 radical (unpaired) electrons. The van der Waals surface area contributed by atoms with E-state index in [0.29, 0.717) is 16.3 Å². The summed E-state index contributed by atoms with van der Waals surface area (Å²) in [5.74, 6) is 2.24. The Hall–Kier alpha value is -2.18. The summed E-state index contributed by atoms with van der Waals surface area (Å²) in [5.41, 5.74) is 3.24. The van der Waals surface area contributed by atoms with Gasteiger partial charge < -0.3 is 9.64 Å². The highest BCUT2D eigenvalue weighted by Crippen LogP contribution is 2.36. The molecule has 0 N–H and O–H groups in total. The number of nitriles is 1. The molecule has 0 unspecified atom stereocenters. The minimum atomic E-state index is 0.462. The van der Waals surface area contributed by atoms with Crippen molar-refractivity contribution < 1.29 is 4.74 Å². The third-order valence-corrected chi connectivity index (χ3v) is 5.83. The summed E-state index contributed by atoms with van der Waals surface area (Å²) in [7, 11) is 0.